The first-order chi connectivity index (χ1) is 17.0. The maximum absolute atomic E-state index is 13.0. The van der Waals surface area contributed by atoms with Crippen LogP contribution in [0.25, 0.3) is 11.1 Å². The molecule has 1 amide bonds. The molecule has 1 aliphatic heterocycles. The number of rotatable bonds is 5. The summed E-state index contributed by atoms with van der Waals surface area (Å²) in [6, 6.07) is 19.3. The summed E-state index contributed by atoms with van der Waals surface area (Å²) in [7, 11) is -3.67. The lowest BCUT2D eigenvalue weighted by Crippen LogP contribution is -2.29. The van der Waals surface area contributed by atoms with Gasteiger partial charge < -0.3 is 20.4 Å². The SMILES string of the molecule is CS(=O)(=O)O.O=C(Nc1cc(-c2ccccc2)ccc1C(=O)O)c1cc(N2CCCCC2)ccc1O. The number of nitrogens with one attached hydrogen (secondary N) is 1. The lowest BCUT2D eigenvalue weighted by molar-refractivity contribution is 0.0698. The van der Waals surface area contributed by atoms with Crippen LogP contribution in [0.1, 0.15) is 40.0 Å². The minimum absolute atomic E-state index is 0.0142. The molecule has 0 aromatic heterocycles. The third-order valence-electron chi connectivity index (χ3n) is 5.55. The zero-order valence-electron chi connectivity index (χ0n) is 19.7. The Morgan fingerprint density at radius 2 is 1.50 bits per heavy atom. The molecule has 3 aromatic carbocycles. The largest absolute Gasteiger partial charge is 0.507 e. The summed E-state index contributed by atoms with van der Waals surface area (Å²) in [5, 5.41) is 22.6. The molecule has 10 heteroatoms. The van der Waals surface area contributed by atoms with Gasteiger partial charge in [-0.1, -0.05) is 36.4 Å². The molecule has 4 rings (SSSR count). The predicted molar refractivity (Wildman–Crippen MR) is 138 cm³/mol. The number of hydrogen-bond donors (Lipinski definition) is 4. The van der Waals surface area contributed by atoms with Gasteiger partial charge in [0.2, 0.25) is 0 Å². The minimum Gasteiger partial charge on any atom is -0.507 e. The van der Waals surface area contributed by atoms with E-state index in [1.165, 1.54) is 18.6 Å². The number of nitrogens with zero attached hydrogens (tertiary/aromatic N) is 1. The molecule has 0 spiro atoms. The predicted octanol–water partition coefficient (Wildman–Crippen LogP) is 4.50. The Hall–Kier alpha value is -3.89. The summed E-state index contributed by atoms with van der Waals surface area (Å²) in [6.45, 7) is 1.82. The standard InChI is InChI=1S/C25H24N2O4.CH4O3S/c28-23-12-10-19(27-13-5-2-6-14-27)16-21(23)24(29)26-22-15-18(9-11-20(22)25(30)31)17-7-3-1-4-8-17;1-5(2,3)4/h1,3-4,7-12,15-16,28H,2,5-6,13-14H2,(H,26,29)(H,30,31);1H3,(H,2,3,4). The van der Waals surface area contributed by atoms with Crippen LogP contribution in [-0.4, -0.2) is 54.4 Å². The van der Waals surface area contributed by atoms with Gasteiger partial charge in [0.25, 0.3) is 16.0 Å². The Balaban J connectivity index is 0.000000658. The number of piperidine rings is 1. The van der Waals surface area contributed by atoms with Crippen LogP contribution in [0.4, 0.5) is 11.4 Å². The molecular formula is C26H28N2O7S. The first-order valence-corrected chi connectivity index (χ1v) is 13.1. The highest BCUT2D eigenvalue weighted by Crippen LogP contribution is 2.29. The van der Waals surface area contributed by atoms with E-state index in [0.29, 0.717) is 6.26 Å². The van der Waals surface area contributed by atoms with E-state index >= 15 is 0 Å². The highest BCUT2D eigenvalue weighted by molar-refractivity contribution is 7.85. The van der Waals surface area contributed by atoms with E-state index in [2.05, 4.69) is 10.2 Å². The van der Waals surface area contributed by atoms with Crippen molar-refractivity contribution in [2.75, 3.05) is 29.6 Å². The third-order valence-corrected chi connectivity index (χ3v) is 5.55. The van der Waals surface area contributed by atoms with Gasteiger partial charge in [-0.05, 0) is 60.7 Å². The molecule has 0 atom stereocenters. The van der Waals surface area contributed by atoms with E-state index in [1.807, 2.05) is 30.3 Å². The Bertz CT molecular complexity index is 1330. The van der Waals surface area contributed by atoms with Crippen LogP contribution in [0.2, 0.25) is 0 Å². The fraction of sp³-hybridized carbons (Fsp3) is 0.231. The number of phenolic OH excluding ortho intramolecular Hbond substituents is 1. The molecule has 0 unspecified atom stereocenters. The maximum atomic E-state index is 13.0. The van der Waals surface area contributed by atoms with Gasteiger partial charge in [0.15, 0.2) is 0 Å². The first-order valence-electron chi connectivity index (χ1n) is 11.3. The Kier molecular flexibility index (Phi) is 8.68. The summed E-state index contributed by atoms with van der Waals surface area (Å²) < 4.78 is 25.9. The Morgan fingerprint density at radius 3 is 2.11 bits per heavy atom. The first kappa shape index (κ1) is 26.7. The van der Waals surface area contributed by atoms with Gasteiger partial charge in [-0.2, -0.15) is 8.42 Å². The maximum Gasteiger partial charge on any atom is 0.337 e. The summed E-state index contributed by atoms with van der Waals surface area (Å²) in [5.41, 5.74) is 2.85. The van der Waals surface area contributed by atoms with Gasteiger partial charge in [0.05, 0.1) is 23.1 Å². The molecule has 0 aliphatic carbocycles. The van der Waals surface area contributed by atoms with Gasteiger partial charge in [-0.3, -0.25) is 9.35 Å². The summed E-state index contributed by atoms with van der Waals surface area (Å²) in [6.07, 6.45) is 4.10. The van der Waals surface area contributed by atoms with Crippen LogP contribution in [0, 0.1) is 0 Å². The van der Waals surface area contributed by atoms with E-state index in [4.69, 9.17) is 4.55 Å². The van der Waals surface area contributed by atoms with Crippen LogP contribution >= 0.6 is 0 Å². The number of amides is 1. The van der Waals surface area contributed by atoms with E-state index in [-0.39, 0.29) is 22.6 Å². The Morgan fingerprint density at radius 1 is 0.861 bits per heavy atom. The minimum atomic E-state index is -3.67. The second-order valence-electron chi connectivity index (χ2n) is 8.37. The van der Waals surface area contributed by atoms with Gasteiger partial charge in [-0.25, -0.2) is 4.79 Å². The molecule has 1 heterocycles. The molecule has 3 aromatic rings. The normalized spacial score (nSPS) is 13.3. The lowest BCUT2D eigenvalue weighted by Gasteiger charge is -2.29. The van der Waals surface area contributed by atoms with Crippen LogP contribution in [0.5, 0.6) is 5.75 Å². The van der Waals surface area contributed by atoms with E-state index in [1.54, 1.807) is 24.3 Å². The number of carbonyl (C=O) groups excluding carboxylic acids is 1. The van der Waals surface area contributed by atoms with Crippen LogP contribution in [0.15, 0.2) is 66.7 Å². The van der Waals surface area contributed by atoms with Crippen molar-refractivity contribution in [1.82, 2.24) is 0 Å². The average Bonchev–Trinajstić information content (AvgIpc) is 2.84. The molecule has 0 radical (unpaired) electrons. The average molecular weight is 513 g/mol. The van der Waals surface area contributed by atoms with E-state index < -0.39 is 22.0 Å². The van der Waals surface area contributed by atoms with E-state index in [9.17, 15) is 28.2 Å². The van der Waals surface area contributed by atoms with Crippen LogP contribution < -0.4 is 10.2 Å². The second-order valence-corrected chi connectivity index (χ2v) is 9.83. The number of hydrogen-bond acceptors (Lipinski definition) is 6. The highest BCUT2D eigenvalue weighted by Gasteiger charge is 2.19. The number of phenols is 1. The topological polar surface area (TPSA) is 144 Å². The number of anilines is 2. The molecule has 36 heavy (non-hydrogen) atoms. The zero-order chi connectivity index (χ0) is 26.3. The smallest absolute Gasteiger partial charge is 0.337 e. The molecule has 1 aliphatic rings. The van der Waals surface area contributed by atoms with Crippen molar-refractivity contribution in [3.63, 3.8) is 0 Å². The van der Waals surface area contributed by atoms with Crippen molar-refractivity contribution >= 4 is 33.4 Å². The summed E-state index contributed by atoms with van der Waals surface area (Å²) >= 11 is 0. The fourth-order valence-electron chi connectivity index (χ4n) is 3.89. The molecule has 0 saturated carbocycles. The quantitative estimate of drug-likeness (QED) is 0.366. The van der Waals surface area contributed by atoms with Crippen molar-refractivity contribution in [2.24, 2.45) is 0 Å². The number of aromatic hydroxyl groups is 1. The molecule has 1 fully saturated rings. The Labute approximate surface area is 209 Å². The fourth-order valence-corrected chi connectivity index (χ4v) is 3.89. The summed E-state index contributed by atoms with van der Waals surface area (Å²) in [5.74, 6) is -1.83. The molecule has 190 valence electrons. The molecule has 0 bridgehead atoms. The summed E-state index contributed by atoms with van der Waals surface area (Å²) in [4.78, 5) is 26.9. The number of benzene rings is 3. The van der Waals surface area contributed by atoms with Crippen molar-refractivity contribution < 1.29 is 32.8 Å². The molecular weight excluding hydrogens is 484 g/mol. The number of carbonyl (C=O) groups is 2. The van der Waals surface area contributed by atoms with Gasteiger partial charge in [0.1, 0.15) is 5.75 Å². The monoisotopic (exact) mass is 512 g/mol. The van der Waals surface area contributed by atoms with Gasteiger partial charge in [0, 0.05) is 18.8 Å². The third kappa shape index (κ3) is 7.56. The van der Waals surface area contributed by atoms with E-state index in [0.717, 1.165) is 42.7 Å². The number of aromatic carboxylic acids is 1. The van der Waals surface area contributed by atoms with Crippen molar-refractivity contribution in [3.05, 3.63) is 77.9 Å². The lowest BCUT2D eigenvalue weighted by atomic mass is 10.0. The molecule has 9 nitrogen and oxygen atoms in total. The molecule has 4 N–H and O–H groups in total. The highest BCUT2D eigenvalue weighted by atomic mass is 32.2. The number of carboxylic acid groups (broad SMARTS) is 1. The van der Waals surface area contributed by atoms with Crippen molar-refractivity contribution in [2.45, 2.75) is 19.3 Å². The van der Waals surface area contributed by atoms with Crippen LogP contribution in [0.3, 0.4) is 0 Å². The second kappa shape index (κ2) is 11.7. The molecule has 1 saturated heterocycles. The van der Waals surface area contributed by atoms with Crippen molar-refractivity contribution in [3.8, 4) is 16.9 Å². The van der Waals surface area contributed by atoms with Crippen LogP contribution in [-0.2, 0) is 10.1 Å². The zero-order valence-corrected chi connectivity index (χ0v) is 20.5. The van der Waals surface area contributed by atoms with Gasteiger partial charge >= 0.3 is 5.97 Å². The number of carboxylic acids is 1. The van der Waals surface area contributed by atoms with Gasteiger partial charge in [-0.15, -0.1) is 0 Å². The van der Waals surface area contributed by atoms with Crippen molar-refractivity contribution in [1.29, 1.82) is 0 Å².